The maximum Gasteiger partial charge on any atom is 0.253 e. The summed E-state index contributed by atoms with van der Waals surface area (Å²) in [5.74, 6) is -0.335. The average molecular weight is 347 g/mol. The normalized spacial score (nSPS) is 11.0. The van der Waals surface area contributed by atoms with Crippen LogP contribution in [0.3, 0.4) is 0 Å². The van der Waals surface area contributed by atoms with Crippen molar-refractivity contribution in [2.75, 3.05) is 30.0 Å². The van der Waals surface area contributed by atoms with E-state index < -0.39 is 10.0 Å². The Morgan fingerprint density at radius 1 is 1.04 bits per heavy atom. The van der Waals surface area contributed by atoms with Gasteiger partial charge in [-0.1, -0.05) is 24.3 Å². The Balaban J connectivity index is 2.07. The Morgan fingerprint density at radius 3 is 2.25 bits per heavy atom. The first kappa shape index (κ1) is 17.8. The van der Waals surface area contributed by atoms with E-state index in [-0.39, 0.29) is 17.2 Å². The van der Waals surface area contributed by atoms with E-state index in [1.165, 1.54) is 0 Å². The molecule has 0 radical (unpaired) electrons. The van der Waals surface area contributed by atoms with Crippen LogP contribution in [0.25, 0.3) is 0 Å². The van der Waals surface area contributed by atoms with Gasteiger partial charge < -0.3 is 10.2 Å². The highest BCUT2D eigenvalue weighted by atomic mass is 32.2. The van der Waals surface area contributed by atoms with Crippen molar-refractivity contribution in [1.82, 2.24) is 5.32 Å². The molecule has 0 unspecified atom stereocenters. The molecule has 1 amide bonds. The zero-order chi connectivity index (χ0) is 17.7. The summed E-state index contributed by atoms with van der Waals surface area (Å²) in [4.78, 5) is 14.3. The highest BCUT2D eigenvalue weighted by Gasteiger charge is 2.13. The average Bonchev–Trinajstić information content (AvgIpc) is 2.52. The molecule has 2 aromatic carbocycles. The number of hydrogen-bond donors (Lipinski definition) is 2. The number of hydrogen-bond acceptors (Lipinski definition) is 4. The van der Waals surface area contributed by atoms with Crippen molar-refractivity contribution in [3.8, 4) is 0 Å². The van der Waals surface area contributed by atoms with Crippen LogP contribution in [0.5, 0.6) is 0 Å². The number of anilines is 2. The summed E-state index contributed by atoms with van der Waals surface area (Å²) in [6, 6.07) is 14.3. The Bertz CT molecular complexity index is 815. The third-order valence-corrected chi connectivity index (χ3v) is 3.96. The van der Waals surface area contributed by atoms with Crippen LogP contribution in [0.2, 0.25) is 0 Å². The zero-order valence-electron chi connectivity index (χ0n) is 13.9. The van der Waals surface area contributed by atoms with Gasteiger partial charge in [-0.05, 0) is 29.8 Å². The fourth-order valence-corrected chi connectivity index (χ4v) is 2.74. The zero-order valence-corrected chi connectivity index (χ0v) is 14.7. The Kier molecular flexibility index (Phi) is 5.46. The number of amides is 1. The van der Waals surface area contributed by atoms with Crippen molar-refractivity contribution < 1.29 is 13.2 Å². The summed E-state index contributed by atoms with van der Waals surface area (Å²) in [6.07, 6.45) is 1.05. The minimum Gasteiger partial charge on any atom is -0.378 e. The van der Waals surface area contributed by atoms with E-state index in [4.69, 9.17) is 0 Å². The van der Waals surface area contributed by atoms with Crippen molar-refractivity contribution >= 4 is 27.3 Å². The SMILES string of the molecule is CN(C)c1ccc(CNC(=O)c2ccccc2NS(C)(=O)=O)cc1. The second-order valence-corrected chi connectivity index (χ2v) is 7.41. The van der Waals surface area contributed by atoms with Crippen molar-refractivity contribution in [2.24, 2.45) is 0 Å². The van der Waals surface area contributed by atoms with Crippen LogP contribution in [-0.4, -0.2) is 34.7 Å². The van der Waals surface area contributed by atoms with Gasteiger partial charge in [-0.3, -0.25) is 9.52 Å². The minimum atomic E-state index is -3.45. The van der Waals surface area contributed by atoms with Crippen LogP contribution in [-0.2, 0) is 16.6 Å². The Morgan fingerprint density at radius 2 is 1.67 bits per heavy atom. The molecular weight excluding hydrogens is 326 g/mol. The molecule has 0 aliphatic heterocycles. The summed E-state index contributed by atoms with van der Waals surface area (Å²) in [7, 11) is 0.474. The lowest BCUT2D eigenvalue weighted by Gasteiger charge is -2.13. The fraction of sp³-hybridized carbons (Fsp3) is 0.235. The van der Waals surface area contributed by atoms with E-state index >= 15 is 0 Å². The van der Waals surface area contributed by atoms with E-state index in [9.17, 15) is 13.2 Å². The molecule has 0 atom stereocenters. The first-order valence-corrected chi connectivity index (χ1v) is 9.27. The maximum atomic E-state index is 12.3. The lowest BCUT2D eigenvalue weighted by Crippen LogP contribution is -2.24. The number of para-hydroxylation sites is 1. The molecule has 0 saturated heterocycles. The third kappa shape index (κ3) is 4.99. The predicted octanol–water partition coefficient (Wildman–Crippen LogP) is 2.05. The molecule has 0 aromatic heterocycles. The molecule has 7 heteroatoms. The quantitative estimate of drug-likeness (QED) is 0.838. The molecule has 0 fully saturated rings. The predicted molar refractivity (Wildman–Crippen MR) is 96.8 cm³/mol. The van der Waals surface area contributed by atoms with Crippen LogP contribution in [0.1, 0.15) is 15.9 Å². The number of rotatable bonds is 6. The van der Waals surface area contributed by atoms with Gasteiger partial charge in [0.05, 0.1) is 17.5 Å². The molecule has 128 valence electrons. The van der Waals surface area contributed by atoms with Gasteiger partial charge in [0.2, 0.25) is 10.0 Å². The Hall–Kier alpha value is -2.54. The number of nitrogens with one attached hydrogen (secondary N) is 2. The number of benzene rings is 2. The van der Waals surface area contributed by atoms with Gasteiger partial charge in [-0.2, -0.15) is 0 Å². The second kappa shape index (κ2) is 7.35. The smallest absolute Gasteiger partial charge is 0.253 e. The Labute approximate surface area is 142 Å². The van der Waals surface area contributed by atoms with E-state index in [0.29, 0.717) is 6.54 Å². The van der Waals surface area contributed by atoms with Crippen molar-refractivity contribution in [1.29, 1.82) is 0 Å². The van der Waals surface area contributed by atoms with Crippen LogP contribution in [0.4, 0.5) is 11.4 Å². The molecule has 2 rings (SSSR count). The van der Waals surface area contributed by atoms with Crippen molar-refractivity contribution in [2.45, 2.75) is 6.54 Å². The molecular formula is C17H21N3O3S. The van der Waals surface area contributed by atoms with Crippen LogP contribution in [0, 0.1) is 0 Å². The summed E-state index contributed by atoms with van der Waals surface area (Å²) in [6.45, 7) is 0.361. The van der Waals surface area contributed by atoms with Gasteiger partial charge in [0.1, 0.15) is 0 Å². The number of nitrogens with zero attached hydrogens (tertiary/aromatic N) is 1. The van der Waals surface area contributed by atoms with Gasteiger partial charge in [-0.25, -0.2) is 8.42 Å². The monoisotopic (exact) mass is 347 g/mol. The maximum absolute atomic E-state index is 12.3. The first-order chi connectivity index (χ1) is 11.3. The molecule has 0 spiro atoms. The van der Waals surface area contributed by atoms with Gasteiger partial charge in [0.15, 0.2) is 0 Å². The van der Waals surface area contributed by atoms with Crippen LogP contribution < -0.4 is 14.9 Å². The number of carbonyl (C=O) groups excluding carboxylic acids is 1. The highest BCUT2D eigenvalue weighted by molar-refractivity contribution is 7.92. The van der Waals surface area contributed by atoms with Crippen molar-refractivity contribution in [3.05, 3.63) is 59.7 Å². The van der Waals surface area contributed by atoms with Gasteiger partial charge in [0, 0.05) is 26.3 Å². The molecule has 0 saturated carbocycles. The van der Waals surface area contributed by atoms with E-state index in [1.54, 1.807) is 24.3 Å². The lowest BCUT2D eigenvalue weighted by molar-refractivity contribution is 0.0952. The standard InChI is InChI=1S/C17H21N3O3S/c1-20(2)14-10-8-13(9-11-14)12-18-17(21)15-6-4-5-7-16(15)19-24(3,22)23/h4-11,19H,12H2,1-3H3,(H,18,21). The van der Waals surface area contributed by atoms with Gasteiger partial charge >= 0.3 is 0 Å². The molecule has 0 bridgehead atoms. The number of carbonyl (C=O) groups is 1. The topological polar surface area (TPSA) is 78.5 Å². The first-order valence-electron chi connectivity index (χ1n) is 7.37. The largest absolute Gasteiger partial charge is 0.378 e. The molecule has 2 aromatic rings. The van der Waals surface area contributed by atoms with Gasteiger partial charge in [0.25, 0.3) is 5.91 Å². The van der Waals surface area contributed by atoms with Crippen LogP contribution in [0.15, 0.2) is 48.5 Å². The van der Waals surface area contributed by atoms with Gasteiger partial charge in [-0.15, -0.1) is 0 Å². The molecule has 0 aliphatic rings. The summed E-state index contributed by atoms with van der Waals surface area (Å²) in [5, 5.41) is 2.80. The summed E-state index contributed by atoms with van der Waals surface area (Å²) < 4.78 is 25.1. The summed E-state index contributed by atoms with van der Waals surface area (Å²) >= 11 is 0. The second-order valence-electron chi connectivity index (χ2n) is 5.66. The minimum absolute atomic E-state index is 0.264. The molecule has 24 heavy (non-hydrogen) atoms. The summed E-state index contributed by atoms with van der Waals surface area (Å²) in [5.41, 5.74) is 2.59. The van der Waals surface area contributed by atoms with E-state index in [2.05, 4.69) is 10.0 Å². The fourth-order valence-electron chi connectivity index (χ4n) is 2.16. The van der Waals surface area contributed by atoms with Crippen molar-refractivity contribution in [3.63, 3.8) is 0 Å². The highest BCUT2D eigenvalue weighted by Crippen LogP contribution is 2.17. The molecule has 6 nitrogen and oxygen atoms in total. The third-order valence-electron chi connectivity index (χ3n) is 3.37. The molecule has 2 N–H and O–H groups in total. The van der Waals surface area contributed by atoms with E-state index in [0.717, 1.165) is 17.5 Å². The van der Waals surface area contributed by atoms with Crippen LogP contribution >= 0.6 is 0 Å². The van der Waals surface area contributed by atoms with E-state index in [1.807, 2.05) is 43.3 Å². The molecule has 0 aliphatic carbocycles. The molecule has 0 heterocycles. The number of sulfonamides is 1. The lowest BCUT2D eigenvalue weighted by atomic mass is 10.1.